The van der Waals surface area contributed by atoms with E-state index >= 15 is 0 Å². The van der Waals surface area contributed by atoms with Gasteiger partial charge in [0, 0.05) is 11.8 Å². The first-order valence-corrected chi connectivity index (χ1v) is 15.0. The summed E-state index contributed by atoms with van der Waals surface area (Å²) in [6, 6.07) is 0. The molecule has 0 spiro atoms. The predicted octanol–water partition coefficient (Wildman–Crippen LogP) is 3.33. The molecule has 10 nitrogen and oxygen atoms in total. The molecule has 2 aliphatic carbocycles. The molecule has 4 N–H and O–H groups in total. The van der Waals surface area contributed by atoms with E-state index in [1.807, 2.05) is 0 Å². The van der Waals surface area contributed by atoms with Crippen LogP contribution in [0.25, 0.3) is 0 Å². The number of carbonyl (C=O) groups is 2. The molecule has 2 aliphatic rings. The number of esters is 2. The van der Waals surface area contributed by atoms with Crippen LogP contribution in [0.3, 0.4) is 0 Å². The van der Waals surface area contributed by atoms with E-state index in [0.29, 0.717) is 29.0 Å². The highest BCUT2D eigenvalue weighted by Crippen LogP contribution is 2.39. The molecule has 12 heteroatoms. The Morgan fingerprint density at radius 1 is 0.857 bits per heavy atom. The number of anilines is 2. The van der Waals surface area contributed by atoms with Gasteiger partial charge >= 0.3 is 11.9 Å². The van der Waals surface area contributed by atoms with Gasteiger partial charge in [-0.15, -0.1) is 5.54 Å². The maximum Gasteiger partial charge on any atom is 0.358 e. The Hall–Kier alpha value is -3.23. The second kappa shape index (κ2) is 10.6. The summed E-state index contributed by atoms with van der Waals surface area (Å²) in [7, 11) is 1.02. The first-order valence-electron chi connectivity index (χ1n) is 11.1. The number of nitrogens with two attached hydrogens (primary N) is 2. The zero-order valence-electron chi connectivity index (χ0n) is 20.4. The van der Waals surface area contributed by atoms with Crippen LogP contribution in [0.5, 0.6) is 0 Å². The number of hydrogen-bond acceptors (Lipinski definition) is 10. The predicted molar refractivity (Wildman–Crippen MR) is 135 cm³/mol. The van der Waals surface area contributed by atoms with Crippen molar-refractivity contribution in [3.8, 4) is 11.5 Å². The van der Waals surface area contributed by atoms with Crippen LogP contribution in [0.4, 0.5) is 11.6 Å². The molecule has 35 heavy (non-hydrogen) atoms. The maximum atomic E-state index is 11.9. The normalized spacial score (nSPS) is 14.7. The molecular weight excluding hydrogens is 488 g/mol. The standard InChI is InChI=1S/C14H19N3O2Si.C9H10ClN3O2/c1-19-14(18)11-10(7-8-20(2,3)4)12(15)17-13(16-11)9-5-6-9;1-15-9(14)6-5(10)7(11)13-8(12-6)4-2-3-4/h9H,5-6H2,1-4H3,(H2,15,16,17);4H,2-3H2,1H3,(H2,11,12,13). The highest BCUT2D eigenvalue weighted by molar-refractivity contribution is 6.83. The van der Waals surface area contributed by atoms with Gasteiger partial charge in [0.15, 0.2) is 11.4 Å². The van der Waals surface area contributed by atoms with Crippen molar-refractivity contribution in [2.24, 2.45) is 0 Å². The van der Waals surface area contributed by atoms with Gasteiger partial charge in [-0.25, -0.2) is 29.5 Å². The van der Waals surface area contributed by atoms with Gasteiger partial charge in [-0.3, -0.25) is 0 Å². The Bertz CT molecular complexity index is 1210. The van der Waals surface area contributed by atoms with Crippen molar-refractivity contribution in [1.29, 1.82) is 0 Å². The molecule has 0 aliphatic heterocycles. The summed E-state index contributed by atoms with van der Waals surface area (Å²) in [4.78, 5) is 39.9. The average Bonchev–Trinajstić information content (AvgIpc) is 3.70. The number of hydrogen-bond donors (Lipinski definition) is 2. The molecule has 4 rings (SSSR count). The van der Waals surface area contributed by atoms with E-state index in [2.05, 4.69) is 55.8 Å². The van der Waals surface area contributed by atoms with Crippen LogP contribution in [0, 0.1) is 11.5 Å². The summed E-state index contributed by atoms with van der Waals surface area (Å²) in [5.41, 5.74) is 15.4. The molecule has 2 fully saturated rings. The van der Waals surface area contributed by atoms with Crippen molar-refractivity contribution >= 4 is 43.2 Å². The third-order valence-corrected chi connectivity index (χ3v) is 6.30. The van der Waals surface area contributed by atoms with Gasteiger partial charge < -0.3 is 20.9 Å². The molecule has 0 bridgehead atoms. The van der Waals surface area contributed by atoms with Crippen LogP contribution in [-0.4, -0.2) is 54.2 Å². The Morgan fingerprint density at radius 3 is 1.77 bits per heavy atom. The minimum absolute atomic E-state index is 0.0496. The van der Waals surface area contributed by atoms with E-state index < -0.39 is 20.0 Å². The van der Waals surface area contributed by atoms with Gasteiger partial charge in [0.25, 0.3) is 0 Å². The molecule has 186 valence electrons. The molecule has 0 saturated heterocycles. The lowest BCUT2D eigenvalue weighted by Crippen LogP contribution is -2.18. The van der Waals surface area contributed by atoms with Gasteiger partial charge in [0.2, 0.25) is 0 Å². The summed E-state index contributed by atoms with van der Waals surface area (Å²) < 4.78 is 9.34. The largest absolute Gasteiger partial charge is 0.464 e. The molecule has 0 amide bonds. The monoisotopic (exact) mass is 516 g/mol. The number of nitrogen functional groups attached to an aromatic ring is 2. The van der Waals surface area contributed by atoms with Gasteiger partial charge in [0.1, 0.15) is 36.4 Å². The quantitative estimate of drug-likeness (QED) is 0.351. The highest BCUT2D eigenvalue weighted by Gasteiger charge is 2.30. The van der Waals surface area contributed by atoms with Gasteiger partial charge in [-0.2, -0.15) is 0 Å². The summed E-state index contributed by atoms with van der Waals surface area (Å²) in [5.74, 6) is 4.13. The van der Waals surface area contributed by atoms with E-state index in [1.165, 1.54) is 14.2 Å². The molecule has 0 aromatic carbocycles. The first-order chi connectivity index (χ1) is 16.4. The SMILES string of the molecule is COC(=O)c1nc(C2CC2)nc(N)c1C#C[Si](C)(C)C.COC(=O)c1nc(C2CC2)nc(N)c1Cl. The molecule has 0 radical (unpaired) electrons. The van der Waals surface area contributed by atoms with Gasteiger partial charge in [-0.05, 0) is 25.7 Å². The third kappa shape index (κ3) is 6.90. The van der Waals surface area contributed by atoms with Gasteiger partial charge in [0.05, 0.1) is 19.8 Å². The molecule has 2 saturated carbocycles. The van der Waals surface area contributed by atoms with Crippen molar-refractivity contribution in [2.45, 2.75) is 57.2 Å². The Kier molecular flexibility index (Phi) is 7.97. The highest BCUT2D eigenvalue weighted by atomic mass is 35.5. The smallest absolute Gasteiger partial charge is 0.358 e. The fourth-order valence-corrected chi connectivity index (χ4v) is 3.54. The molecule has 2 heterocycles. The van der Waals surface area contributed by atoms with Gasteiger partial charge in [-0.1, -0.05) is 37.2 Å². The van der Waals surface area contributed by atoms with E-state index in [9.17, 15) is 9.59 Å². The molecular formula is C23H29ClN6O4Si. The van der Waals surface area contributed by atoms with Crippen molar-refractivity contribution in [3.63, 3.8) is 0 Å². The lowest BCUT2D eigenvalue weighted by molar-refractivity contribution is 0.0584. The molecule has 0 atom stereocenters. The number of rotatable bonds is 4. The summed E-state index contributed by atoms with van der Waals surface area (Å²) in [5, 5.41) is 0.0613. The number of halogens is 1. The average molecular weight is 517 g/mol. The van der Waals surface area contributed by atoms with Crippen molar-refractivity contribution < 1.29 is 19.1 Å². The van der Waals surface area contributed by atoms with Crippen molar-refractivity contribution in [3.05, 3.63) is 33.6 Å². The lowest BCUT2D eigenvalue weighted by Gasteiger charge is -2.08. The minimum Gasteiger partial charge on any atom is -0.464 e. The van der Waals surface area contributed by atoms with E-state index in [-0.39, 0.29) is 28.0 Å². The number of methoxy groups -OCH3 is 2. The van der Waals surface area contributed by atoms with Crippen LogP contribution in [0.15, 0.2) is 0 Å². The third-order valence-electron chi connectivity index (χ3n) is 5.05. The van der Waals surface area contributed by atoms with Crippen LogP contribution >= 0.6 is 11.6 Å². The van der Waals surface area contributed by atoms with Crippen LogP contribution in [-0.2, 0) is 9.47 Å². The number of aromatic nitrogens is 4. The minimum atomic E-state index is -1.58. The maximum absolute atomic E-state index is 11.9. The zero-order valence-corrected chi connectivity index (χ0v) is 22.2. The number of ether oxygens (including phenoxy) is 2. The van der Waals surface area contributed by atoms with E-state index in [0.717, 1.165) is 25.7 Å². The lowest BCUT2D eigenvalue weighted by atomic mass is 10.2. The number of carbonyl (C=O) groups excluding carboxylic acids is 2. The first kappa shape index (κ1) is 26.4. The second-order valence-corrected chi connectivity index (χ2v) is 14.5. The molecule has 0 unspecified atom stereocenters. The topological polar surface area (TPSA) is 156 Å². The molecule has 2 aromatic rings. The summed E-state index contributed by atoms with van der Waals surface area (Å²) in [6.07, 6.45) is 4.14. The number of nitrogens with zero attached hydrogens (tertiary/aromatic N) is 4. The van der Waals surface area contributed by atoms with Crippen molar-refractivity contribution in [1.82, 2.24) is 19.9 Å². The van der Waals surface area contributed by atoms with E-state index in [1.54, 1.807) is 0 Å². The Labute approximate surface area is 210 Å². The summed E-state index contributed by atoms with van der Waals surface area (Å²) >= 11 is 5.81. The van der Waals surface area contributed by atoms with Crippen LogP contribution in [0.2, 0.25) is 24.7 Å². The summed E-state index contributed by atoms with van der Waals surface area (Å²) in [6.45, 7) is 6.36. The van der Waals surface area contributed by atoms with Crippen molar-refractivity contribution in [2.75, 3.05) is 25.7 Å². The fourth-order valence-electron chi connectivity index (χ4n) is 2.88. The zero-order chi connectivity index (χ0) is 25.9. The van der Waals surface area contributed by atoms with Crippen LogP contribution in [0.1, 0.15) is 75.7 Å². The Balaban J connectivity index is 0.000000203. The Morgan fingerprint density at radius 2 is 1.31 bits per heavy atom. The fraction of sp³-hybridized carbons (Fsp3) is 0.478. The second-order valence-electron chi connectivity index (χ2n) is 9.35. The van der Waals surface area contributed by atoms with Crippen LogP contribution < -0.4 is 11.5 Å². The van der Waals surface area contributed by atoms with E-state index in [4.69, 9.17) is 27.8 Å². The molecule has 2 aromatic heterocycles.